The summed E-state index contributed by atoms with van der Waals surface area (Å²) in [5.74, 6) is -1.72. The smallest absolute Gasteiger partial charge is 0.251 e. The van der Waals surface area contributed by atoms with Gasteiger partial charge in [-0.2, -0.15) is 5.10 Å². The Bertz CT molecular complexity index is 1000. The SMILES string of the molecule is O=C(NCCn1ncc2c(N3CCOCC3)ncnc21)c1ccc(F)c(F)c1. The van der Waals surface area contributed by atoms with Crippen molar-refractivity contribution in [3.05, 3.63) is 47.9 Å². The number of amides is 1. The summed E-state index contributed by atoms with van der Waals surface area (Å²) >= 11 is 0. The van der Waals surface area contributed by atoms with E-state index in [-0.39, 0.29) is 12.1 Å². The van der Waals surface area contributed by atoms with E-state index in [2.05, 4.69) is 25.3 Å². The van der Waals surface area contributed by atoms with Gasteiger partial charge in [-0.25, -0.2) is 23.4 Å². The highest BCUT2D eigenvalue weighted by Gasteiger charge is 2.18. The van der Waals surface area contributed by atoms with Crippen LogP contribution in [0.5, 0.6) is 0 Å². The lowest BCUT2D eigenvalue weighted by atomic mass is 10.2. The van der Waals surface area contributed by atoms with Gasteiger partial charge in [-0.3, -0.25) is 4.79 Å². The van der Waals surface area contributed by atoms with Crippen molar-refractivity contribution in [3.8, 4) is 0 Å². The van der Waals surface area contributed by atoms with Crippen molar-refractivity contribution in [3.63, 3.8) is 0 Å². The Morgan fingerprint density at radius 2 is 2.00 bits per heavy atom. The maximum atomic E-state index is 13.3. The summed E-state index contributed by atoms with van der Waals surface area (Å²) in [4.78, 5) is 22.9. The average Bonchev–Trinajstić information content (AvgIpc) is 3.14. The van der Waals surface area contributed by atoms with Crippen LogP contribution < -0.4 is 10.2 Å². The molecule has 3 heterocycles. The summed E-state index contributed by atoms with van der Waals surface area (Å²) in [7, 11) is 0. The highest BCUT2D eigenvalue weighted by Crippen LogP contribution is 2.23. The van der Waals surface area contributed by atoms with Gasteiger partial charge in [-0.1, -0.05) is 0 Å². The number of hydrogen-bond donors (Lipinski definition) is 1. The number of anilines is 1. The molecule has 0 aliphatic carbocycles. The van der Waals surface area contributed by atoms with Gasteiger partial charge in [0.25, 0.3) is 5.91 Å². The van der Waals surface area contributed by atoms with Gasteiger partial charge in [0.1, 0.15) is 12.1 Å². The fraction of sp³-hybridized carbons (Fsp3) is 0.333. The molecule has 10 heteroatoms. The Hall–Kier alpha value is -3.14. The van der Waals surface area contributed by atoms with Crippen LogP contribution in [0.3, 0.4) is 0 Å². The molecule has 0 saturated carbocycles. The van der Waals surface area contributed by atoms with E-state index in [9.17, 15) is 13.6 Å². The zero-order valence-corrected chi connectivity index (χ0v) is 14.9. The van der Waals surface area contributed by atoms with Crippen LogP contribution in [0, 0.1) is 11.6 Å². The molecule has 0 atom stereocenters. The summed E-state index contributed by atoms with van der Waals surface area (Å²) in [6, 6.07) is 3.03. The molecule has 146 valence electrons. The third-order valence-electron chi connectivity index (χ3n) is 4.51. The minimum atomic E-state index is -1.06. The second-order valence-electron chi connectivity index (χ2n) is 6.29. The van der Waals surface area contributed by atoms with Crippen molar-refractivity contribution in [2.75, 3.05) is 37.7 Å². The van der Waals surface area contributed by atoms with E-state index >= 15 is 0 Å². The Morgan fingerprint density at radius 3 is 2.79 bits per heavy atom. The summed E-state index contributed by atoms with van der Waals surface area (Å²) in [5.41, 5.74) is 0.722. The van der Waals surface area contributed by atoms with Gasteiger partial charge in [0.05, 0.1) is 31.3 Å². The van der Waals surface area contributed by atoms with Crippen LogP contribution in [0.4, 0.5) is 14.6 Å². The minimum absolute atomic E-state index is 0.0566. The fourth-order valence-corrected chi connectivity index (χ4v) is 3.09. The van der Waals surface area contributed by atoms with Crippen molar-refractivity contribution in [1.82, 2.24) is 25.1 Å². The standard InChI is InChI=1S/C18H18F2N6O2/c19-14-2-1-12(9-15(14)20)18(27)21-3-4-26-17-13(10-24-26)16(22-11-23-17)25-5-7-28-8-6-25/h1-2,9-11H,3-8H2,(H,21,27). The fourth-order valence-electron chi connectivity index (χ4n) is 3.09. The number of fused-ring (bicyclic) bond motifs is 1. The number of ether oxygens (including phenoxy) is 1. The summed E-state index contributed by atoms with van der Waals surface area (Å²) < 4.78 is 33.3. The van der Waals surface area contributed by atoms with Crippen LogP contribution in [-0.4, -0.2) is 58.5 Å². The van der Waals surface area contributed by atoms with Gasteiger partial charge in [-0.15, -0.1) is 0 Å². The van der Waals surface area contributed by atoms with Crippen molar-refractivity contribution < 1.29 is 18.3 Å². The molecule has 1 N–H and O–H groups in total. The van der Waals surface area contributed by atoms with Crippen molar-refractivity contribution in [1.29, 1.82) is 0 Å². The Morgan fingerprint density at radius 1 is 1.18 bits per heavy atom. The van der Waals surface area contributed by atoms with E-state index in [1.165, 1.54) is 12.4 Å². The number of nitrogens with zero attached hydrogens (tertiary/aromatic N) is 5. The topological polar surface area (TPSA) is 85.2 Å². The molecular formula is C18H18F2N6O2. The molecule has 1 saturated heterocycles. The van der Waals surface area contributed by atoms with Crippen LogP contribution in [0.25, 0.3) is 11.0 Å². The van der Waals surface area contributed by atoms with Gasteiger partial charge < -0.3 is 15.0 Å². The van der Waals surface area contributed by atoms with Gasteiger partial charge in [0.2, 0.25) is 0 Å². The summed E-state index contributed by atoms with van der Waals surface area (Å²) in [6.07, 6.45) is 3.20. The predicted octanol–water partition coefficient (Wildman–Crippen LogP) is 1.37. The molecule has 3 aromatic rings. The Kier molecular flexibility index (Phi) is 5.11. The van der Waals surface area contributed by atoms with E-state index in [1.54, 1.807) is 10.9 Å². The Labute approximate surface area is 159 Å². The first-order chi connectivity index (χ1) is 13.6. The maximum absolute atomic E-state index is 13.3. The summed E-state index contributed by atoms with van der Waals surface area (Å²) in [5, 5.41) is 7.84. The lowest BCUT2D eigenvalue weighted by Crippen LogP contribution is -2.36. The molecule has 1 fully saturated rings. The van der Waals surface area contributed by atoms with E-state index in [0.717, 1.165) is 36.4 Å². The predicted molar refractivity (Wildman–Crippen MR) is 97.0 cm³/mol. The second-order valence-corrected chi connectivity index (χ2v) is 6.29. The number of hydrogen-bond acceptors (Lipinski definition) is 6. The maximum Gasteiger partial charge on any atom is 0.251 e. The molecule has 1 aliphatic heterocycles. The van der Waals surface area contributed by atoms with Crippen molar-refractivity contribution >= 4 is 22.8 Å². The Balaban J connectivity index is 1.43. The molecular weight excluding hydrogens is 370 g/mol. The number of benzene rings is 1. The molecule has 0 bridgehead atoms. The van der Waals surface area contributed by atoms with Crippen molar-refractivity contribution in [2.45, 2.75) is 6.54 Å². The quantitative estimate of drug-likeness (QED) is 0.711. The third-order valence-corrected chi connectivity index (χ3v) is 4.51. The van der Waals surface area contributed by atoms with Gasteiger partial charge >= 0.3 is 0 Å². The highest BCUT2D eigenvalue weighted by atomic mass is 19.2. The molecule has 2 aromatic heterocycles. The molecule has 1 aromatic carbocycles. The molecule has 0 unspecified atom stereocenters. The average molecular weight is 388 g/mol. The van der Waals surface area contributed by atoms with Gasteiger partial charge in [0, 0.05) is 25.2 Å². The number of rotatable bonds is 5. The first kappa shape index (κ1) is 18.2. The zero-order chi connectivity index (χ0) is 19.5. The van der Waals surface area contributed by atoms with E-state index in [0.29, 0.717) is 25.4 Å². The molecule has 8 nitrogen and oxygen atoms in total. The summed E-state index contributed by atoms with van der Waals surface area (Å²) in [6.45, 7) is 3.43. The van der Waals surface area contributed by atoms with Crippen LogP contribution in [0.2, 0.25) is 0 Å². The molecule has 4 rings (SSSR count). The molecule has 1 amide bonds. The molecule has 1 aliphatic rings. The minimum Gasteiger partial charge on any atom is -0.378 e. The number of halogens is 2. The first-order valence-corrected chi connectivity index (χ1v) is 8.86. The third kappa shape index (κ3) is 3.63. The number of carbonyl (C=O) groups is 1. The lowest BCUT2D eigenvalue weighted by molar-refractivity contribution is 0.0951. The first-order valence-electron chi connectivity index (χ1n) is 8.86. The molecule has 0 spiro atoms. The monoisotopic (exact) mass is 388 g/mol. The molecule has 0 radical (unpaired) electrons. The van der Waals surface area contributed by atoms with Crippen LogP contribution >= 0.6 is 0 Å². The number of carbonyl (C=O) groups excluding carboxylic acids is 1. The largest absolute Gasteiger partial charge is 0.378 e. The highest BCUT2D eigenvalue weighted by molar-refractivity contribution is 5.94. The van der Waals surface area contributed by atoms with E-state index in [1.807, 2.05) is 0 Å². The number of aromatic nitrogens is 4. The van der Waals surface area contributed by atoms with E-state index < -0.39 is 17.5 Å². The van der Waals surface area contributed by atoms with Crippen molar-refractivity contribution in [2.24, 2.45) is 0 Å². The normalized spacial score (nSPS) is 14.4. The van der Waals surface area contributed by atoms with Crippen LogP contribution in [-0.2, 0) is 11.3 Å². The van der Waals surface area contributed by atoms with E-state index in [4.69, 9.17) is 4.74 Å². The zero-order valence-electron chi connectivity index (χ0n) is 14.9. The molecule has 28 heavy (non-hydrogen) atoms. The number of nitrogens with one attached hydrogen (secondary N) is 1. The van der Waals surface area contributed by atoms with Gasteiger partial charge in [0.15, 0.2) is 17.3 Å². The van der Waals surface area contributed by atoms with Gasteiger partial charge in [-0.05, 0) is 18.2 Å². The van der Waals surface area contributed by atoms with Crippen LogP contribution in [0.1, 0.15) is 10.4 Å². The number of morpholine rings is 1. The van der Waals surface area contributed by atoms with Crippen LogP contribution in [0.15, 0.2) is 30.7 Å². The second kappa shape index (κ2) is 7.85. The lowest BCUT2D eigenvalue weighted by Gasteiger charge is -2.27.